The minimum Gasteiger partial charge on any atom is -0.497 e. The van der Waals surface area contributed by atoms with Crippen LogP contribution >= 0.6 is 0 Å². The SMILES string of the molecule is COc1ccc(C2(C(=O)N3CCn4nc(C(=O)N5CCOCC5)cc4C3)CC2)cc1. The van der Waals surface area contributed by atoms with E-state index in [4.69, 9.17) is 9.47 Å². The van der Waals surface area contributed by atoms with E-state index in [1.807, 2.05) is 39.9 Å². The maximum Gasteiger partial charge on any atom is 0.274 e. The quantitative estimate of drug-likeness (QED) is 0.762. The molecule has 1 saturated heterocycles. The Labute approximate surface area is 175 Å². The largest absolute Gasteiger partial charge is 0.497 e. The molecular formula is C22H26N4O4. The second-order valence-electron chi connectivity index (χ2n) is 8.19. The highest BCUT2D eigenvalue weighted by Gasteiger charge is 2.53. The summed E-state index contributed by atoms with van der Waals surface area (Å²) in [5, 5.41) is 4.51. The topological polar surface area (TPSA) is 76.9 Å². The van der Waals surface area contributed by atoms with Crippen LogP contribution in [0.3, 0.4) is 0 Å². The zero-order valence-corrected chi connectivity index (χ0v) is 17.2. The lowest BCUT2D eigenvalue weighted by atomic mass is 9.94. The molecule has 158 valence electrons. The molecule has 0 atom stereocenters. The van der Waals surface area contributed by atoms with Crippen molar-refractivity contribution < 1.29 is 19.1 Å². The van der Waals surface area contributed by atoms with Gasteiger partial charge in [0.15, 0.2) is 5.69 Å². The highest BCUT2D eigenvalue weighted by atomic mass is 16.5. The average Bonchev–Trinajstić information content (AvgIpc) is 3.51. The smallest absolute Gasteiger partial charge is 0.274 e. The van der Waals surface area contributed by atoms with E-state index in [0.717, 1.165) is 29.8 Å². The Hall–Kier alpha value is -2.87. The number of hydrogen-bond donors (Lipinski definition) is 0. The first-order valence-electron chi connectivity index (χ1n) is 10.5. The molecule has 0 spiro atoms. The Bertz CT molecular complexity index is 958. The molecule has 2 aliphatic heterocycles. The molecule has 30 heavy (non-hydrogen) atoms. The summed E-state index contributed by atoms with van der Waals surface area (Å²) in [7, 11) is 1.64. The lowest BCUT2D eigenvalue weighted by molar-refractivity contribution is -0.135. The molecule has 2 fully saturated rings. The van der Waals surface area contributed by atoms with Crippen LogP contribution in [0, 0.1) is 0 Å². The van der Waals surface area contributed by atoms with Gasteiger partial charge < -0.3 is 19.3 Å². The van der Waals surface area contributed by atoms with E-state index >= 15 is 0 Å². The number of fused-ring (bicyclic) bond motifs is 1. The van der Waals surface area contributed by atoms with Gasteiger partial charge in [0.2, 0.25) is 5.91 Å². The molecule has 0 bridgehead atoms. The number of carbonyl (C=O) groups excluding carboxylic acids is 2. The lowest BCUT2D eigenvalue weighted by Crippen LogP contribution is -2.43. The Kier molecular flexibility index (Phi) is 4.73. The third kappa shape index (κ3) is 3.25. The average molecular weight is 410 g/mol. The Morgan fingerprint density at radius 2 is 1.77 bits per heavy atom. The zero-order valence-electron chi connectivity index (χ0n) is 17.2. The summed E-state index contributed by atoms with van der Waals surface area (Å²) < 4.78 is 12.4. The first-order valence-corrected chi connectivity index (χ1v) is 10.5. The minimum atomic E-state index is -0.416. The number of benzene rings is 1. The van der Waals surface area contributed by atoms with Gasteiger partial charge in [-0.3, -0.25) is 14.3 Å². The van der Waals surface area contributed by atoms with Crippen LogP contribution < -0.4 is 4.74 Å². The van der Waals surface area contributed by atoms with Crippen molar-refractivity contribution in [2.24, 2.45) is 0 Å². The number of methoxy groups -OCH3 is 1. The van der Waals surface area contributed by atoms with Crippen molar-refractivity contribution in [1.29, 1.82) is 0 Å². The molecule has 0 unspecified atom stereocenters. The molecule has 1 aromatic heterocycles. The minimum absolute atomic E-state index is 0.0602. The van der Waals surface area contributed by atoms with E-state index in [1.165, 1.54) is 0 Å². The fraction of sp³-hybridized carbons (Fsp3) is 0.500. The summed E-state index contributed by atoms with van der Waals surface area (Å²) in [6.45, 7) is 4.02. The predicted molar refractivity (Wildman–Crippen MR) is 108 cm³/mol. The fourth-order valence-electron chi connectivity index (χ4n) is 4.44. The molecule has 0 N–H and O–H groups in total. The molecule has 2 aromatic rings. The van der Waals surface area contributed by atoms with Gasteiger partial charge in [0.25, 0.3) is 5.91 Å². The van der Waals surface area contributed by atoms with Gasteiger partial charge in [0.05, 0.1) is 44.5 Å². The van der Waals surface area contributed by atoms with Crippen LogP contribution in [0.2, 0.25) is 0 Å². The van der Waals surface area contributed by atoms with Crippen molar-refractivity contribution in [2.45, 2.75) is 31.3 Å². The number of aromatic nitrogens is 2. The third-order valence-corrected chi connectivity index (χ3v) is 6.40. The molecule has 3 aliphatic rings. The molecule has 0 radical (unpaired) electrons. The zero-order chi connectivity index (χ0) is 20.7. The number of ether oxygens (including phenoxy) is 2. The second kappa shape index (κ2) is 7.43. The summed E-state index contributed by atoms with van der Waals surface area (Å²) in [5.74, 6) is 0.900. The fourth-order valence-corrected chi connectivity index (χ4v) is 4.44. The molecular weight excluding hydrogens is 384 g/mol. The van der Waals surface area contributed by atoms with Crippen LogP contribution in [0.1, 0.15) is 34.6 Å². The molecule has 1 aromatic carbocycles. The van der Waals surface area contributed by atoms with Gasteiger partial charge in [-0.05, 0) is 36.6 Å². The summed E-state index contributed by atoms with van der Waals surface area (Å²) in [6.07, 6.45) is 1.74. The summed E-state index contributed by atoms with van der Waals surface area (Å²) in [5.41, 5.74) is 2.01. The van der Waals surface area contributed by atoms with E-state index in [2.05, 4.69) is 5.10 Å². The van der Waals surface area contributed by atoms with E-state index in [9.17, 15) is 9.59 Å². The van der Waals surface area contributed by atoms with Crippen molar-refractivity contribution in [2.75, 3.05) is 40.0 Å². The number of amides is 2. The molecule has 5 rings (SSSR count). The number of nitrogens with zero attached hydrogens (tertiary/aromatic N) is 4. The first-order chi connectivity index (χ1) is 14.6. The summed E-state index contributed by atoms with van der Waals surface area (Å²) in [4.78, 5) is 29.8. The Morgan fingerprint density at radius 1 is 1.03 bits per heavy atom. The van der Waals surface area contributed by atoms with E-state index in [0.29, 0.717) is 51.6 Å². The second-order valence-corrected chi connectivity index (χ2v) is 8.19. The van der Waals surface area contributed by atoms with Gasteiger partial charge in [-0.15, -0.1) is 0 Å². The van der Waals surface area contributed by atoms with Crippen molar-refractivity contribution in [3.05, 3.63) is 47.3 Å². The molecule has 1 saturated carbocycles. The predicted octanol–water partition coefficient (Wildman–Crippen LogP) is 1.44. The highest BCUT2D eigenvalue weighted by Crippen LogP contribution is 2.50. The number of morpholine rings is 1. The highest BCUT2D eigenvalue weighted by molar-refractivity contribution is 5.93. The Balaban J connectivity index is 1.31. The Morgan fingerprint density at radius 3 is 2.43 bits per heavy atom. The van der Waals surface area contributed by atoms with Crippen molar-refractivity contribution in [3.8, 4) is 5.75 Å². The van der Waals surface area contributed by atoms with Gasteiger partial charge >= 0.3 is 0 Å². The van der Waals surface area contributed by atoms with E-state index in [1.54, 1.807) is 12.0 Å². The van der Waals surface area contributed by atoms with Crippen molar-refractivity contribution in [1.82, 2.24) is 19.6 Å². The molecule has 3 heterocycles. The molecule has 2 amide bonds. The van der Waals surface area contributed by atoms with Gasteiger partial charge in [-0.1, -0.05) is 12.1 Å². The maximum atomic E-state index is 13.4. The third-order valence-electron chi connectivity index (χ3n) is 6.40. The molecule has 8 heteroatoms. The van der Waals surface area contributed by atoms with Crippen molar-refractivity contribution >= 4 is 11.8 Å². The van der Waals surface area contributed by atoms with Crippen LogP contribution in [-0.4, -0.2) is 71.4 Å². The standard InChI is InChI=1S/C22H26N4O4/c1-29-18-4-2-16(3-5-18)22(6-7-22)21(28)25-8-9-26-17(15-25)14-19(23-26)20(27)24-10-12-30-13-11-24/h2-5,14H,6-13,15H2,1H3. The molecule has 1 aliphatic carbocycles. The van der Waals surface area contributed by atoms with Crippen LogP contribution in [-0.2, 0) is 28.0 Å². The number of rotatable bonds is 4. The van der Waals surface area contributed by atoms with Crippen LogP contribution in [0.25, 0.3) is 0 Å². The van der Waals surface area contributed by atoms with E-state index < -0.39 is 5.41 Å². The monoisotopic (exact) mass is 410 g/mol. The van der Waals surface area contributed by atoms with Crippen LogP contribution in [0.4, 0.5) is 0 Å². The van der Waals surface area contributed by atoms with E-state index in [-0.39, 0.29) is 11.8 Å². The van der Waals surface area contributed by atoms with Crippen molar-refractivity contribution in [3.63, 3.8) is 0 Å². The molecule has 8 nitrogen and oxygen atoms in total. The number of carbonyl (C=O) groups is 2. The van der Waals surface area contributed by atoms with Gasteiger partial charge in [0.1, 0.15) is 5.75 Å². The van der Waals surface area contributed by atoms with Crippen LogP contribution in [0.15, 0.2) is 30.3 Å². The normalized spacial score (nSPS) is 19.9. The van der Waals surface area contributed by atoms with Crippen LogP contribution in [0.5, 0.6) is 5.75 Å². The lowest BCUT2D eigenvalue weighted by Gasteiger charge is -2.31. The number of hydrogen-bond acceptors (Lipinski definition) is 5. The maximum absolute atomic E-state index is 13.4. The summed E-state index contributed by atoms with van der Waals surface area (Å²) in [6, 6.07) is 9.66. The van der Waals surface area contributed by atoms with Gasteiger partial charge in [0, 0.05) is 19.6 Å². The van der Waals surface area contributed by atoms with Gasteiger partial charge in [-0.2, -0.15) is 5.10 Å². The first kappa shape index (κ1) is 19.1. The summed E-state index contributed by atoms with van der Waals surface area (Å²) >= 11 is 0. The van der Waals surface area contributed by atoms with Gasteiger partial charge in [-0.25, -0.2) is 0 Å².